The lowest BCUT2D eigenvalue weighted by Gasteiger charge is -2.38. The Hall–Kier alpha value is -0.640. The highest BCUT2D eigenvalue weighted by molar-refractivity contribution is 6.31. The topological polar surface area (TPSA) is 15.3 Å². The molecule has 0 atom stereocenters. The summed E-state index contributed by atoms with van der Waals surface area (Å²) in [5, 5.41) is 3.53. The first-order valence-corrected chi connectivity index (χ1v) is 6.47. The molecule has 0 aliphatic carbocycles. The van der Waals surface area contributed by atoms with Crippen molar-refractivity contribution in [2.24, 2.45) is 0 Å². The van der Waals surface area contributed by atoms with Crippen LogP contribution in [0.2, 0.25) is 5.02 Å². The van der Waals surface area contributed by atoms with Gasteiger partial charge in [-0.3, -0.25) is 4.90 Å². The fourth-order valence-electron chi connectivity index (χ4n) is 2.10. The van der Waals surface area contributed by atoms with Crippen LogP contribution in [0, 0.1) is 5.82 Å². The molecule has 2 rings (SSSR count). The van der Waals surface area contributed by atoms with Crippen LogP contribution < -0.4 is 5.32 Å². The number of benzene rings is 1. The van der Waals surface area contributed by atoms with Gasteiger partial charge in [0.1, 0.15) is 5.82 Å². The third kappa shape index (κ3) is 2.97. The molecule has 1 aliphatic rings. The Morgan fingerprint density at radius 3 is 2.82 bits per heavy atom. The van der Waals surface area contributed by atoms with Gasteiger partial charge in [0, 0.05) is 25.7 Å². The average Bonchev–Trinajstić information content (AvgIpc) is 2.22. The molecule has 1 N–H and O–H groups in total. The van der Waals surface area contributed by atoms with Crippen LogP contribution in [-0.4, -0.2) is 30.6 Å². The molecule has 1 heterocycles. The van der Waals surface area contributed by atoms with E-state index in [2.05, 4.69) is 17.1 Å². The highest BCUT2D eigenvalue weighted by Gasteiger charge is 2.24. The molecule has 1 aliphatic heterocycles. The van der Waals surface area contributed by atoms with Crippen LogP contribution in [0.3, 0.4) is 0 Å². The standard InChI is InChI=1S/C13H18ClFN2/c1-2-6-17(11-7-16-8-11)9-10-4-3-5-12(15)13(10)14/h3-5,11,16H,2,6-9H2,1H3. The molecule has 0 spiro atoms. The zero-order chi connectivity index (χ0) is 12.3. The zero-order valence-electron chi connectivity index (χ0n) is 10.0. The van der Waals surface area contributed by atoms with Gasteiger partial charge < -0.3 is 5.32 Å². The van der Waals surface area contributed by atoms with Crippen molar-refractivity contribution < 1.29 is 4.39 Å². The van der Waals surface area contributed by atoms with Gasteiger partial charge >= 0.3 is 0 Å². The molecule has 0 amide bonds. The minimum Gasteiger partial charge on any atom is -0.314 e. The summed E-state index contributed by atoms with van der Waals surface area (Å²) in [5.74, 6) is -0.327. The van der Waals surface area contributed by atoms with Crippen molar-refractivity contribution in [2.45, 2.75) is 25.9 Å². The molecule has 2 nitrogen and oxygen atoms in total. The highest BCUT2D eigenvalue weighted by atomic mass is 35.5. The number of halogens is 2. The van der Waals surface area contributed by atoms with Gasteiger partial charge in [0.25, 0.3) is 0 Å². The van der Waals surface area contributed by atoms with Gasteiger partial charge in [-0.25, -0.2) is 4.39 Å². The lowest BCUT2D eigenvalue weighted by atomic mass is 10.1. The van der Waals surface area contributed by atoms with Crippen LogP contribution in [0.1, 0.15) is 18.9 Å². The SMILES string of the molecule is CCCN(Cc1cccc(F)c1Cl)C1CNC1. The van der Waals surface area contributed by atoms with Crippen LogP contribution >= 0.6 is 11.6 Å². The molecule has 0 radical (unpaired) electrons. The Morgan fingerprint density at radius 1 is 1.47 bits per heavy atom. The summed E-state index contributed by atoms with van der Waals surface area (Å²) in [6.45, 7) is 5.96. The van der Waals surface area contributed by atoms with Crippen molar-refractivity contribution in [3.63, 3.8) is 0 Å². The molecule has 94 valence electrons. The summed E-state index contributed by atoms with van der Waals surface area (Å²) in [6, 6.07) is 5.59. The predicted octanol–water partition coefficient (Wildman–Crippen LogP) is 2.66. The summed E-state index contributed by atoms with van der Waals surface area (Å²) >= 11 is 5.99. The smallest absolute Gasteiger partial charge is 0.142 e. The van der Waals surface area contributed by atoms with Crippen LogP contribution in [0.5, 0.6) is 0 Å². The van der Waals surface area contributed by atoms with E-state index in [1.165, 1.54) is 6.07 Å². The predicted molar refractivity (Wildman–Crippen MR) is 68.8 cm³/mol. The average molecular weight is 257 g/mol. The molecule has 0 unspecified atom stereocenters. The fraction of sp³-hybridized carbons (Fsp3) is 0.538. The van der Waals surface area contributed by atoms with E-state index in [1.807, 2.05) is 6.07 Å². The third-order valence-electron chi connectivity index (χ3n) is 3.19. The van der Waals surface area contributed by atoms with Crippen molar-refractivity contribution in [2.75, 3.05) is 19.6 Å². The van der Waals surface area contributed by atoms with E-state index in [-0.39, 0.29) is 10.8 Å². The Labute approximate surface area is 107 Å². The van der Waals surface area contributed by atoms with E-state index in [9.17, 15) is 4.39 Å². The van der Waals surface area contributed by atoms with Gasteiger partial charge in [0.15, 0.2) is 0 Å². The third-order valence-corrected chi connectivity index (χ3v) is 3.62. The fourth-order valence-corrected chi connectivity index (χ4v) is 2.28. The molecule has 17 heavy (non-hydrogen) atoms. The van der Waals surface area contributed by atoms with Crippen molar-refractivity contribution in [1.82, 2.24) is 10.2 Å². The molecule has 4 heteroatoms. The van der Waals surface area contributed by atoms with Crippen molar-refractivity contribution >= 4 is 11.6 Å². The van der Waals surface area contributed by atoms with Gasteiger partial charge in [-0.05, 0) is 24.6 Å². The molecule has 1 saturated heterocycles. The number of hydrogen-bond acceptors (Lipinski definition) is 2. The van der Waals surface area contributed by atoms with Gasteiger partial charge in [0.05, 0.1) is 5.02 Å². The van der Waals surface area contributed by atoms with E-state index in [0.717, 1.165) is 38.2 Å². The van der Waals surface area contributed by atoms with Gasteiger partial charge in [0.2, 0.25) is 0 Å². The summed E-state index contributed by atoms with van der Waals surface area (Å²) in [4.78, 5) is 2.37. The van der Waals surface area contributed by atoms with Crippen molar-refractivity contribution in [3.8, 4) is 0 Å². The molecule has 0 saturated carbocycles. The van der Waals surface area contributed by atoms with E-state index < -0.39 is 0 Å². The van der Waals surface area contributed by atoms with Crippen LogP contribution in [-0.2, 0) is 6.54 Å². The van der Waals surface area contributed by atoms with Crippen molar-refractivity contribution in [3.05, 3.63) is 34.6 Å². The van der Waals surface area contributed by atoms with Crippen LogP contribution in [0.25, 0.3) is 0 Å². The summed E-state index contributed by atoms with van der Waals surface area (Å²) in [6.07, 6.45) is 1.10. The molecule has 0 bridgehead atoms. The molecule has 1 aromatic carbocycles. The van der Waals surface area contributed by atoms with E-state index in [4.69, 9.17) is 11.6 Å². The number of nitrogens with zero attached hydrogens (tertiary/aromatic N) is 1. The largest absolute Gasteiger partial charge is 0.314 e. The lowest BCUT2D eigenvalue weighted by molar-refractivity contribution is 0.137. The van der Waals surface area contributed by atoms with E-state index >= 15 is 0 Å². The Kier molecular flexibility index (Phi) is 4.37. The Bertz CT molecular complexity index is 380. The molecular weight excluding hydrogens is 239 g/mol. The Balaban J connectivity index is 2.08. The highest BCUT2D eigenvalue weighted by Crippen LogP contribution is 2.22. The van der Waals surface area contributed by atoms with Crippen LogP contribution in [0.4, 0.5) is 4.39 Å². The first-order valence-electron chi connectivity index (χ1n) is 6.10. The Morgan fingerprint density at radius 2 is 2.24 bits per heavy atom. The molecule has 1 fully saturated rings. The number of nitrogens with one attached hydrogen (secondary N) is 1. The molecule has 1 aromatic rings. The lowest BCUT2D eigenvalue weighted by Crippen LogP contribution is -2.57. The first kappa shape index (κ1) is 12.8. The number of hydrogen-bond donors (Lipinski definition) is 1. The zero-order valence-corrected chi connectivity index (χ0v) is 10.8. The van der Waals surface area contributed by atoms with Gasteiger partial charge in [-0.15, -0.1) is 0 Å². The normalized spacial score (nSPS) is 16.2. The maximum Gasteiger partial charge on any atom is 0.142 e. The second-order valence-corrected chi connectivity index (χ2v) is 4.87. The summed E-state index contributed by atoms with van der Waals surface area (Å²) in [5.41, 5.74) is 0.881. The second kappa shape index (κ2) is 5.80. The number of rotatable bonds is 5. The van der Waals surface area contributed by atoms with E-state index in [0.29, 0.717) is 6.04 Å². The van der Waals surface area contributed by atoms with Gasteiger partial charge in [-0.1, -0.05) is 30.7 Å². The minimum atomic E-state index is -0.327. The van der Waals surface area contributed by atoms with Gasteiger partial charge in [-0.2, -0.15) is 0 Å². The maximum atomic E-state index is 13.3. The minimum absolute atomic E-state index is 0.265. The first-order chi connectivity index (χ1) is 8.22. The van der Waals surface area contributed by atoms with E-state index in [1.54, 1.807) is 6.07 Å². The molecular formula is C13H18ClFN2. The summed E-state index contributed by atoms with van der Waals surface area (Å²) in [7, 11) is 0. The molecule has 0 aromatic heterocycles. The summed E-state index contributed by atoms with van der Waals surface area (Å²) < 4.78 is 13.3. The monoisotopic (exact) mass is 256 g/mol. The second-order valence-electron chi connectivity index (χ2n) is 4.50. The maximum absolute atomic E-state index is 13.3. The van der Waals surface area contributed by atoms with Crippen molar-refractivity contribution in [1.29, 1.82) is 0 Å². The quantitative estimate of drug-likeness (QED) is 0.871. The van der Waals surface area contributed by atoms with Crippen LogP contribution in [0.15, 0.2) is 18.2 Å².